The molecule has 4 aromatic carbocycles. The molecule has 0 amide bonds. The van der Waals surface area contributed by atoms with Crippen molar-refractivity contribution in [3.63, 3.8) is 0 Å². The van der Waals surface area contributed by atoms with Gasteiger partial charge in [-0.25, -0.2) is 0 Å². The Kier molecular flexibility index (Phi) is 10.9. The zero-order chi connectivity index (χ0) is 28.4. The van der Waals surface area contributed by atoms with Crippen molar-refractivity contribution in [2.75, 3.05) is 13.9 Å². The number of hydrogen-bond acceptors (Lipinski definition) is 3. The quantitative estimate of drug-likeness (QED) is 0.115. The van der Waals surface area contributed by atoms with Gasteiger partial charge in [0.15, 0.2) is 6.79 Å². The fraction of sp³-hybridized carbons (Fsp3) is 0.333. The summed E-state index contributed by atoms with van der Waals surface area (Å²) in [6.07, 6.45) is 2.08. The number of nitrogens with zero attached hydrogens (tertiary/aromatic N) is 1. The normalized spacial score (nSPS) is 11.9. The molecule has 0 saturated carbocycles. The van der Waals surface area contributed by atoms with Crippen LogP contribution in [0.15, 0.2) is 97.1 Å². The molecule has 4 aromatic rings. The highest BCUT2D eigenvalue weighted by Crippen LogP contribution is 2.51. The average Bonchev–Trinajstić information content (AvgIpc) is 2.98. The van der Waals surface area contributed by atoms with Gasteiger partial charge >= 0.3 is 0 Å². The van der Waals surface area contributed by atoms with E-state index in [9.17, 15) is 0 Å². The highest BCUT2D eigenvalue weighted by Gasteiger charge is 2.34. The lowest BCUT2D eigenvalue weighted by molar-refractivity contribution is 0.0494. The van der Waals surface area contributed by atoms with Crippen molar-refractivity contribution in [2.24, 2.45) is 0 Å². The average molecular weight is 554 g/mol. The largest absolute Gasteiger partial charge is 0.467 e. The standard InChI is InChI=1S/C36H44NO2P/c1-6-36(7-2,33-23-15-16-28(3)34(33)39-27-38-5)40-35-29(4)17-14-22-32(35)26-37(24-30-18-10-8-11-19-30)25-31-20-12-9-13-21-31/h8-23,40H,6-7,24-27H2,1-5H3. The Hall–Kier alpha value is -2.97. The van der Waals surface area contributed by atoms with Gasteiger partial charge in [-0.05, 0) is 59.8 Å². The van der Waals surface area contributed by atoms with Crippen molar-refractivity contribution in [1.29, 1.82) is 0 Å². The van der Waals surface area contributed by atoms with Crippen LogP contribution in [0.2, 0.25) is 0 Å². The van der Waals surface area contributed by atoms with Gasteiger partial charge in [0.2, 0.25) is 0 Å². The zero-order valence-corrected chi connectivity index (χ0v) is 25.7. The molecule has 0 radical (unpaired) electrons. The second-order valence-corrected chi connectivity index (χ2v) is 12.3. The summed E-state index contributed by atoms with van der Waals surface area (Å²) in [6, 6.07) is 35.1. The molecule has 0 spiro atoms. The molecule has 0 aromatic heterocycles. The number of methoxy groups -OCH3 is 1. The topological polar surface area (TPSA) is 21.7 Å². The lowest BCUT2D eigenvalue weighted by Gasteiger charge is -2.36. The fourth-order valence-electron chi connectivity index (χ4n) is 5.58. The van der Waals surface area contributed by atoms with Crippen LogP contribution in [0.5, 0.6) is 5.75 Å². The summed E-state index contributed by atoms with van der Waals surface area (Å²) in [6.45, 7) is 12.0. The Bertz CT molecular complexity index is 1290. The number of aryl methyl sites for hydroxylation is 2. The van der Waals surface area contributed by atoms with Gasteiger partial charge in [-0.3, -0.25) is 4.90 Å². The molecule has 1 unspecified atom stereocenters. The molecule has 40 heavy (non-hydrogen) atoms. The van der Waals surface area contributed by atoms with E-state index in [1.54, 1.807) is 7.11 Å². The van der Waals surface area contributed by atoms with Crippen LogP contribution in [0.3, 0.4) is 0 Å². The third kappa shape index (κ3) is 7.40. The van der Waals surface area contributed by atoms with Crippen molar-refractivity contribution >= 4 is 13.9 Å². The van der Waals surface area contributed by atoms with E-state index in [2.05, 4.69) is 130 Å². The molecule has 1 atom stereocenters. The molecule has 0 heterocycles. The highest BCUT2D eigenvalue weighted by atomic mass is 31.1. The summed E-state index contributed by atoms with van der Waals surface area (Å²) < 4.78 is 11.5. The van der Waals surface area contributed by atoms with Gasteiger partial charge < -0.3 is 9.47 Å². The summed E-state index contributed by atoms with van der Waals surface area (Å²) >= 11 is 0. The van der Waals surface area contributed by atoms with Crippen LogP contribution < -0.4 is 10.0 Å². The van der Waals surface area contributed by atoms with Crippen LogP contribution in [0, 0.1) is 13.8 Å². The minimum absolute atomic E-state index is 0.0142. The lowest BCUT2D eigenvalue weighted by atomic mass is 9.90. The molecule has 0 N–H and O–H groups in total. The third-order valence-electron chi connectivity index (χ3n) is 7.87. The summed E-state index contributed by atoms with van der Waals surface area (Å²) in [5.74, 6) is 0.977. The predicted octanol–water partition coefficient (Wildman–Crippen LogP) is 8.51. The third-order valence-corrected chi connectivity index (χ3v) is 10.3. The molecule has 0 fully saturated rings. The molecule has 3 nitrogen and oxygen atoms in total. The second-order valence-electron chi connectivity index (χ2n) is 10.6. The molecule has 0 aliphatic heterocycles. The molecule has 210 valence electrons. The van der Waals surface area contributed by atoms with E-state index in [1.165, 1.54) is 33.1 Å². The number of hydrogen-bond donors (Lipinski definition) is 0. The smallest absolute Gasteiger partial charge is 0.188 e. The SMILES string of the molecule is CCC(CC)(Pc1c(C)cccc1CN(Cc1ccccc1)Cc1ccccc1)c1cccc(C)c1OCOC. The van der Waals surface area contributed by atoms with Gasteiger partial charge in [-0.2, -0.15) is 0 Å². The minimum atomic E-state index is -0.0142. The predicted molar refractivity (Wildman–Crippen MR) is 171 cm³/mol. The summed E-state index contributed by atoms with van der Waals surface area (Å²) in [4.78, 5) is 2.58. The molecule has 0 saturated heterocycles. The highest BCUT2D eigenvalue weighted by molar-refractivity contribution is 7.48. The number of para-hydroxylation sites is 1. The number of benzene rings is 4. The summed E-state index contributed by atoms with van der Waals surface area (Å²) in [5, 5.41) is 1.47. The van der Waals surface area contributed by atoms with E-state index in [4.69, 9.17) is 9.47 Å². The van der Waals surface area contributed by atoms with Gasteiger partial charge in [0, 0.05) is 37.5 Å². The maximum Gasteiger partial charge on any atom is 0.188 e. The molecular formula is C36H44NO2P. The van der Waals surface area contributed by atoms with Crippen LogP contribution in [0.1, 0.15) is 60.1 Å². The molecule has 4 rings (SSSR count). The van der Waals surface area contributed by atoms with Crippen molar-refractivity contribution in [1.82, 2.24) is 4.90 Å². The molecule has 4 heteroatoms. The van der Waals surface area contributed by atoms with Crippen molar-refractivity contribution in [2.45, 2.75) is 65.3 Å². The second kappa shape index (κ2) is 14.6. The first-order valence-electron chi connectivity index (χ1n) is 14.4. The minimum Gasteiger partial charge on any atom is -0.467 e. The van der Waals surface area contributed by atoms with Gasteiger partial charge in [-0.15, -0.1) is 0 Å². The van der Waals surface area contributed by atoms with Crippen molar-refractivity contribution in [3.8, 4) is 5.75 Å². The van der Waals surface area contributed by atoms with E-state index in [1.807, 2.05) is 0 Å². The van der Waals surface area contributed by atoms with Crippen LogP contribution in [-0.2, 0) is 29.5 Å². The Morgan fingerprint density at radius 2 is 1.25 bits per heavy atom. The molecular weight excluding hydrogens is 509 g/mol. The summed E-state index contributed by atoms with van der Waals surface area (Å²) in [7, 11) is 2.31. The van der Waals surface area contributed by atoms with Crippen LogP contribution in [0.25, 0.3) is 0 Å². The maximum absolute atomic E-state index is 6.20. The van der Waals surface area contributed by atoms with E-state index < -0.39 is 0 Å². The van der Waals surface area contributed by atoms with E-state index >= 15 is 0 Å². The van der Waals surface area contributed by atoms with Crippen LogP contribution in [0.4, 0.5) is 0 Å². The van der Waals surface area contributed by atoms with E-state index in [-0.39, 0.29) is 11.9 Å². The van der Waals surface area contributed by atoms with Gasteiger partial charge in [0.25, 0.3) is 0 Å². The summed E-state index contributed by atoms with van der Waals surface area (Å²) in [5.41, 5.74) is 7.93. The first-order valence-corrected chi connectivity index (χ1v) is 15.4. The fourth-order valence-corrected chi connectivity index (χ4v) is 7.35. The monoisotopic (exact) mass is 553 g/mol. The number of rotatable bonds is 14. The molecule has 0 aliphatic rings. The van der Waals surface area contributed by atoms with E-state index in [0.29, 0.717) is 8.58 Å². The van der Waals surface area contributed by atoms with E-state index in [0.717, 1.165) is 43.8 Å². The number of ether oxygens (including phenoxy) is 2. The van der Waals surface area contributed by atoms with Crippen LogP contribution >= 0.6 is 8.58 Å². The molecule has 0 aliphatic carbocycles. The van der Waals surface area contributed by atoms with Crippen LogP contribution in [-0.4, -0.2) is 18.8 Å². The van der Waals surface area contributed by atoms with Gasteiger partial charge in [-0.1, -0.05) is 119 Å². The molecule has 0 bridgehead atoms. The van der Waals surface area contributed by atoms with Gasteiger partial charge in [0.05, 0.1) is 0 Å². The Morgan fingerprint density at radius 1 is 0.675 bits per heavy atom. The van der Waals surface area contributed by atoms with Crippen molar-refractivity contribution in [3.05, 3.63) is 130 Å². The van der Waals surface area contributed by atoms with Crippen molar-refractivity contribution < 1.29 is 9.47 Å². The first kappa shape index (κ1) is 30.0. The maximum atomic E-state index is 6.20. The lowest BCUT2D eigenvalue weighted by Crippen LogP contribution is -2.28. The van der Waals surface area contributed by atoms with Gasteiger partial charge in [0.1, 0.15) is 5.75 Å². The Balaban J connectivity index is 1.71. The first-order chi connectivity index (χ1) is 19.5. The Labute approximate surface area is 243 Å². The Morgan fingerprint density at radius 3 is 1.82 bits per heavy atom. The zero-order valence-electron chi connectivity index (χ0n) is 24.7.